The molecule has 0 atom stereocenters. The molecular weight excluding hydrogens is 390 g/mol. The Kier molecular flexibility index (Phi) is 12.0. The third-order valence-electron chi connectivity index (χ3n) is 3.96. The Balaban J connectivity index is 0.000000705. The van der Waals surface area contributed by atoms with Gasteiger partial charge in [-0.05, 0) is 73.2 Å². The lowest BCUT2D eigenvalue weighted by atomic mass is 9.98. The van der Waals surface area contributed by atoms with Crippen LogP contribution in [0.2, 0.25) is 0 Å². The molecule has 0 amide bonds. The highest BCUT2D eigenvalue weighted by molar-refractivity contribution is 9.10. The molecule has 0 radical (unpaired) electrons. The van der Waals surface area contributed by atoms with Crippen molar-refractivity contribution in [2.45, 2.75) is 63.5 Å². The summed E-state index contributed by atoms with van der Waals surface area (Å²) in [5.41, 5.74) is 9.53. The monoisotopic (exact) mass is 421 g/mol. The molecule has 2 aromatic rings. The van der Waals surface area contributed by atoms with Gasteiger partial charge in [0, 0.05) is 15.1 Å². The molecule has 2 rings (SSSR count). The number of aryl methyl sites for hydroxylation is 2. The van der Waals surface area contributed by atoms with Gasteiger partial charge >= 0.3 is 0 Å². The van der Waals surface area contributed by atoms with Crippen LogP contribution in [-0.2, 0) is 18.6 Å². The highest BCUT2D eigenvalue weighted by Crippen LogP contribution is 2.26. The van der Waals surface area contributed by atoms with Crippen LogP contribution in [0.15, 0.2) is 51.8 Å². The summed E-state index contributed by atoms with van der Waals surface area (Å²) in [6, 6.07) is 15.6. The van der Waals surface area contributed by atoms with E-state index in [1.54, 1.807) is 5.56 Å². The third kappa shape index (κ3) is 8.94. The summed E-state index contributed by atoms with van der Waals surface area (Å²) in [5.74, 6) is 1.05. The van der Waals surface area contributed by atoms with Gasteiger partial charge in [-0.1, -0.05) is 61.3 Å². The van der Waals surface area contributed by atoms with Crippen LogP contribution >= 0.6 is 27.7 Å². The van der Waals surface area contributed by atoms with E-state index < -0.39 is 0 Å². The van der Waals surface area contributed by atoms with Gasteiger partial charge in [0.25, 0.3) is 0 Å². The predicted molar refractivity (Wildman–Crippen MR) is 117 cm³/mol. The number of unbranched alkanes of at least 4 members (excludes halogenated alkanes) is 1. The normalized spacial score (nSPS) is 10.3. The number of hydrogen-bond acceptors (Lipinski definition) is 2. The minimum absolute atomic E-state index is 0.819. The van der Waals surface area contributed by atoms with E-state index in [2.05, 4.69) is 79.2 Å². The van der Waals surface area contributed by atoms with Gasteiger partial charge in [0.1, 0.15) is 0 Å². The number of nitrogens with two attached hydrogens (primary N) is 1. The SMILES string of the molecule is CCCCc1cc(CSc2ccc(Br)cc2)ccc1CC.CCCN. The van der Waals surface area contributed by atoms with Crippen molar-refractivity contribution >= 4 is 27.7 Å². The summed E-state index contributed by atoms with van der Waals surface area (Å²) >= 11 is 5.39. The molecule has 0 aromatic heterocycles. The van der Waals surface area contributed by atoms with Crippen molar-refractivity contribution < 1.29 is 0 Å². The van der Waals surface area contributed by atoms with Gasteiger partial charge in [-0.3, -0.25) is 0 Å². The highest BCUT2D eigenvalue weighted by Gasteiger charge is 2.04. The van der Waals surface area contributed by atoms with Gasteiger partial charge in [0.05, 0.1) is 0 Å². The molecule has 0 saturated carbocycles. The lowest BCUT2D eigenvalue weighted by molar-refractivity contribution is 0.786. The molecule has 0 bridgehead atoms. The van der Waals surface area contributed by atoms with E-state index in [0.717, 1.165) is 29.6 Å². The van der Waals surface area contributed by atoms with Crippen LogP contribution in [0.5, 0.6) is 0 Å². The summed E-state index contributed by atoms with van der Waals surface area (Å²) in [4.78, 5) is 1.33. The number of thioether (sulfide) groups is 1. The Morgan fingerprint density at radius 2 is 1.60 bits per heavy atom. The molecular formula is C22H32BrNS. The van der Waals surface area contributed by atoms with Crippen molar-refractivity contribution in [3.05, 3.63) is 63.6 Å². The number of hydrogen-bond donors (Lipinski definition) is 1. The van der Waals surface area contributed by atoms with Crippen LogP contribution in [0.4, 0.5) is 0 Å². The third-order valence-corrected chi connectivity index (χ3v) is 5.57. The summed E-state index contributed by atoms with van der Waals surface area (Å²) in [7, 11) is 0. The fourth-order valence-electron chi connectivity index (χ4n) is 2.41. The Bertz CT molecular complexity index is 593. The molecule has 25 heavy (non-hydrogen) atoms. The van der Waals surface area contributed by atoms with Gasteiger partial charge in [-0.25, -0.2) is 0 Å². The molecule has 0 aliphatic rings. The summed E-state index contributed by atoms with van der Waals surface area (Å²) < 4.78 is 1.14. The Hall–Kier alpha value is -0.770. The lowest BCUT2D eigenvalue weighted by Gasteiger charge is -2.10. The first kappa shape index (κ1) is 22.3. The molecule has 2 aromatic carbocycles. The number of benzene rings is 2. The zero-order valence-electron chi connectivity index (χ0n) is 15.9. The van der Waals surface area contributed by atoms with Crippen molar-refractivity contribution in [3.8, 4) is 0 Å². The average Bonchev–Trinajstić information content (AvgIpc) is 2.66. The van der Waals surface area contributed by atoms with Crippen LogP contribution < -0.4 is 5.73 Å². The molecule has 0 saturated heterocycles. The second-order valence-corrected chi connectivity index (χ2v) is 8.06. The summed E-state index contributed by atoms with van der Waals surface area (Å²) in [6.07, 6.45) is 6.01. The fourth-order valence-corrected chi connectivity index (χ4v) is 3.52. The quantitative estimate of drug-likeness (QED) is 0.464. The smallest absolute Gasteiger partial charge is 0.0232 e. The van der Waals surface area contributed by atoms with Gasteiger partial charge < -0.3 is 5.73 Å². The minimum Gasteiger partial charge on any atom is -0.330 e. The maximum Gasteiger partial charge on any atom is 0.0232 e. The standard InChI is InChI=1S/C19H23BrS.C3H9N/c1-3-5-6-17-13-15(7-8-16(17)4-2)14-21-19-11-9-18(20)10-12-19;1-2-3-4/h7-13H,3-6,14H2,1-2H3;2-4H2,1H3. The second kappa shape index (κ2) is 13.4. The lowest BCUT2D eigenvalue weighted by Crippen LogP contribution is -1.95. The van der Waals surface area contributed by atoms with E-state index in [0.29, 0.717) is 0 Å². The van der Waals surface area contributed by atoms with E-state index in [1.807, 2.05) is 11.8 Å². The molecule has 0 aliphatic carbocycles. The number of halogens is 1. The molecule has 0 spiro atoms. The van der Waals surface area contributed by atoms with Crippen LogP contribution in [0.25, 0.3) is 0 Å². The largest absolute Gasteiger partial charge is 0.330 e. The van der Waals surface area contributed by atoms with Gasteiger partial charge in [0.15, 0.2) is 0 Å². The van der Waals surface area contributed by atoms with Crippen molar-refractivity contribution in [2.75, 3.05) is 6.54 Å². The summed E-state index contributed by atoms with van der Waals surface area (Å²) in [6.45, 7) is 7.39. The Labute approximate surface area is 166 Å². The molecule has 1 nitrogen and oxygen atoms in total. The number of rotatable bonds is 8. The van der Waals surface area contributed by atoms with Crippen LogP contribution in [0, 0.1) is 0 Å². The highest BCUT2D eigenvalue weighted by atomic mass is 79.9. The first-order valence-electron chi connectivity index (χ1n) is 9.33. The first-order valence-corrected chi connectivity index (χ1v) is 11.1. The van der Waals surface area contributed by atoms with Crippen LogP contribution in [-0.4, -0.2) is 6.54 Å². The zero-order valence-corrected chi connectivity index (χ0v) is 18.3. The maximum absolute atomic E-state index is 5.03. The molecule has 2 N–H and O–H groups in total. The van der Waals surface area contributed by atoms with Crippen molar-refractivity contribution in [2.24, 2.45) is 5.73 Å². The average molecular weight is 422 g/mol. The molecule has 0 aliphatic heterocycles. The first-order chi connectivity index (χ1) is 12.1. The Morgan fingerprint density at radius 3 is 2.16 bits per heavy atom. The molecule has 0 unspecified atom stereocenters. The molecule has 3 heteroatoms. The molecule has 0 heterocycles. The second-order valence-electron chi connectivity index (χ2n) is 6.09. The van der Waals surface area contributed by atoms with E-state index >= 15 is 0 Å². The van der Waals surface area contributed by atoms with E-state index in [9.17, 15) is 0 Å². The minimum atomic E-state index is 0.819. The van der Waals surface area contributed by atoms with E-state index in [4.69, 9.17) is 5.73 Å². The summed E-state index contributed by atoms with van der Waals surface area (Å²) in [5, 5.41) is 0. The maximum atomic E-state index is 5.03. The topological polar surface area (TPSA) is 26.0 Å². The molecule has 138 valence electrons. The van der Waals surface area contributed by atoms with E-state index in [-0.39, 0.29) is 0 Å². The van der Waals surface area contributed by atoms with E-state index in [1.165, 1.54) is 35.3 Å². The van der Waals surface area contributed by atoms with Gasteiger partial charge in [0.2, 0.25) is 0 Å². The predicted octanol–water partition coefficient (Wildman–Crippen LogP) is 7.00. The van der Waals surface area contributed by atoms with Crippen molar-refractivity contribution in [1.29, 1.82) is 0 Å². The van der Waals surface area contributed by atoms with Crippen LogP contribution in [0.1, 0.15) is 56.7 Å². The van der Waals surface area contributed by atoms with Crippen LogP contribution in [0.3, 0.4) is 0 Å². The van der Waals surface area contributed by atoms with Crippen molar-refractivity contribution in [3.63, 3.8) is 0 Å². The Morgan fingerprint density at radius 1 is 0.920 bits per heavy atom. The van der Waals surface area contributed by atoms with Gasteiger partial charge in [-0.15, -0.1) is 11.8 Å². The van der Waals surface area contributed by atoms with Gasteiger partial charge in [-0.2, -0.15) is 0 Å². The van der Waals surface area contributed by atoms with Crippen molar-refractivity contribution in [1.82, 2.24) is 0 Å². The zero-order chi connectivity index (χ0) is 18.5. The fraction of sp³-hybridized carbons (Fsp3) is 0.455. The molecule has 0 fully saturated rings.